The second kappa shape index (κ2) is 17.7. The summed E-state index contributed by atoms with van der Waals surface area (Å²) >= 11 is 4.30. The minimum atomic E-state index is -5.82. The summed E-state index contributed by atoms with van der Waals surface area (Å²) in [6.07, 6.45) is 4.52. The lowest BCUT2D eigenvalue weighted by atomic mass is 9.66. The number of hydrogen-bond acceptors (Lipinski definition) is 8. The second-order valence-electron chi connectivity index (χ2n) is 24.6. The van der Waals surface area contributed by atoms with Gasteiger partial charge in [0, 0.05) is 103 Å². The van der Waals surface area contributed by atoms with E-state index in [9.17, 15) is 0 Å². The highest BCUT2D eigenvalue weighted by Gasteiger charge is 2.81. The lowest BCUT2D eigenvalue weighted by Crippen LogP contribution is -2.49. The molecular formula is C60H68F6O5S3. The van der Waals surface area contributed by atoms with Gasteiger partial charge in [0.05, 0.1) is 13.2 Å². The van der Waals surface area contributed by atoms with Crippen molar-refractivity contribution in [2.24, 2.45) is 0 Å². The average molecular weight is 1080 g/mol. The molecule has 5 nitrogen and oxygen atoms in total. The Bertz CT molecular complexity index is 3120. The molecule has 0 fully saturated rings. The van der Waals surface area contributed by atoms with Crippen LogP contribution in [0.15, 0.2) is 59.0 Å². The molecule has 0 N–H and O–H groups in total. The molecule has 10 rings (SSSR count). The van der Waals surface area contributed by atoms with Gasteiger partial charge in [-0.25, -0.2) is 0 Å². The van der Waals surface area contributed by atoms with Gasteiger partial charge >= 0.3 is 17.8 Å². The van der Waals surface area contributed by atoms with Crippen LogP contribution in [0.1, 0.15) is 173 Å². The Kier molecular flexibility index (Phi) is 12.8. The molecule has 6 aromatic rings. The molecule has 0 spiro atoms. The summed E-state index contributed by atoms with van der Waals surface area (Å²) in [5, 5.41) is -0.0740. The zero-order valence-electron chi connectivity index (χ0n) is 44.8. The molecule has 4 heterocycles. The van der Waals surface area contributed by atoms with E-state index in [2.05, 4.69) is 88.3 Å². The fourth-order valence-electron chi connectivity index (χ4n) is 11.8. The van der Waals surface area contributed by atoms with Crippen molar-refractivity contribution in [2.45, 2.75) is 165 Å². The van der Waals surface area contributed by atoms with E-state index in [1.807, 2.05) is 24.3 Å². The first-order chi connectivity index (χ1) is 34.5. The van der Waals surface area contributed by atoms with Crippen molar-refractivity contribution in [2.75, 3.05) is 40.6 Å². The van der Waals surface area contributed by atoms with E-state index >= 15 is 26.3 Å². The molecule has 4 aliphatic rings. The Hall–Kier alpha value is -4.08. The summed E-state index contributed by atoms with van der Waals surface area (Å²) in [4.78, 5) is 4.41. The minimum Gasteiger partial charge on any atom is -0.490 e. The number of thiophene rings is 3. The summed E-state index contributed by atoms with van der Waals surface area (Å²) in [5.41, 5.74) is -3.07. The zero-order valence-corrected chi connectivity index (χ0v) is 47.3. The average Bonchev–Trinajstić information content (AvgIpc) is 4.15. The van der Waals surface area contributed by atoms with Gasteiger partial charge in [-0.05, 0) is 99.3 Å². The fourth-order valence-corrected chi connectivity index (χ4v) is 16.5. The van der Waals surface area contributed by atoms with Crippen LogP contribution in [0.3, 0.4) is 0 Å². The minimum absolute atomic E-state index is 0.00421. The van der Waals surface area contributed by atoms with Crippen molar-refractivity contribution in [3.63, 3.8) is 0 Å². The molecule has 0 aliphatic heterocycles. The van der Waals surface area contributed by atoms with Gasteiger partial charge in [0.15, 0.2) is 11.5 Å². The fraction of sp³-hybridized carbons (Fsp3) is 0.533. The summed E-state index contributed by atoms with van der Waals surface area (Å²) in [7, 11) is 3.13. The number of fused-ring (bicyclic) bond motifs is 8. The van der Waals surface area contributed by atoms with E-state index in [1.54, 1.807) is 25.6 Å². The third-order valence-electron chi connectivity index (χ3n) is 16.6. The van der Waals surface area contributed by atoms with Crippen molar-refractivity contribution in [1.82, 2.24) is 0 Å². The molecule has 1 unspecified atom stereocenters. The Morgan fingerprint density at radius 1 is 0.568 bits per heavy atom. The third-order valence-corrected chi connectivity index (χ3v) is 21.1. The van der Waals surface area contributed by atoms with Gasteiger partial charge in [-0.3, -0.25) is 0 Å². The maximum absolute atomic E-state index is 17.7. The number of benzene rings is 2. The number of alkyl halides is 6. The highest BCUT2D eigenvalue weighted by atomic mass is 32.1. The maximum atomic E-state index is 17.7. The van der Waals surface area contributed by atoms with Crippen LogP contribution in [0.2, 0.25) is 0 Å². The van der Waals surface area contributed by atoms with E-state index in [0.29, 0.717) is 41.4 Å². The van der Waals surface area contributed by atoms with E-state index in [1.165, 1.54) is 40.9 Å². The van der Waals surface area contributed by atoms with Crippen LogP contribution in [0, 0.1) is 0 Å². The molecule has 2 aromatic carbocycles. The summed E-state index contributed by atoms with van der Waals surface area (Å²) in [5.74, 6) is -16.4. The lowest BCUT2D eigenvalue weighted by molar-refractivity contribution is -0.254. The van der Waals surface area contributed by atoms with Gasteiger partial charge in [0.2, 0.25) is 0 Å². The lowest BCUT2D eigenvalue weighted by Gasteiger charge is -2.39. The predicted molar refractivity (Wildman–Crippen MR) is 288 cm³/mol. The first-order valence-corrected chi connectivity index (χ1v) is 28.2. The SMILES string of the molecule is COCCCOc1cc2oc3c(c2cc1OCCCOC)C1=C(c2cc(-c4cc5c(s4)C(C)(C)CCC5(C)C)sc2C3(c2ccc(C(C)(C)C)cc2)c2cc3c(s2)C(C)(C)CCC3(C)C)C(F)(F)C(F)(F)C1(F)F. The summed E-state index contributed by atoms with van der Waals surface area (Å²) in [6, 6.07) is 16.6. The largest absolute Gasteiger partial charge is 0.490 e. The highest BCUT2D eigenvalue weighted by molar-refractivity contribution is 7.22. The number of furan rings is 1. The van der Waals surface area contributed by atoms with Gasteiger partial charge < -0.3 is 23.4 Å². The molecule has 4 aromatic heterocycles. The topological polar surface area (TPSA) is 50.1 Å². The first-order valence-electron chi connectivity index (χ1n) is 25.8. The van der Waals surface area contributed by atoms with Crippen LogP contribution in [-0.4, -0.2) is 58.4 Å². The van der Waals surface area contributed by atoms with Crippen LogP contribution in [0.25, 0.3) is 31.9 Å². The third kappa shape index (κ3) is 7.92. The normalized spacial score (nSPS) is 22.4. The standard InChI is InChI=1S/C60H68F6O5S3/c1-52(2,3)33-16-18-34(19-17-33)57(44-31-38-51(74-44)56(10,11)23-21-54(38,6)7)48-45(35-28-40(69-26-14-24-67-12)41(32-39(35)71-48)70-27-15-25-68-13)47-46(58(61,62)60(65,66)59(47,63)64)36-29-42(72-49(36)57)43-30-37-50(73-43)55(8,9)22-20-53(37,4)5/h16-19,28-32H,14-15,20-27H2,1-13H3. The van der Waals surface area contributed by atoms with Crippen molar-refractivity contribution >= 4 is 56.1 Å². The van der Waals surface area contributed by atoms with Crippen molar-refractivity contribution in [1.29, 1.82) is 0 Å². The number of methoxy groups -OCH3 is 2. The van der Waals surface area contributed by atoms with Crippen molar-refractivity contribution in [3.05, 3.63) is 113 Å². The molecule has 0 amide bonds. The molecule has 0 bridgehead atoms. The zero-order chi connectivity index (χ0) is 53.6. The molecule has 14 heteroatoms. The molecule has 4 aliphatic carbocycles. The molecule has 1 atom stereocenters. The number of rotatable bonds is 13. The Morgan fingerprint density at radius 3 is 1.61 bits per heavy atom. The van der Waals surface area contributed by atoms with Crippen LogP contribution >= 0.6 is 34.0 Å². The highest BCUT2D eigenvalue weighted by Crippen LogP contribution is 2.71. The van der Waals surface area contributed by atoms with E-state index < -0.39 is 39.9 Å². The van der Waals surface area contributed by atoms with Gasteiger partial charge in [-0.2, -0.15) is 26.3 Å². The Morgan fingerprint density at radius 2 is 1.07 bits per heavy atom. The molecule has 0 saturated carbocycles. The van der Waals surface area contributed by atoms with Crippen LogP contribution in [-0.2, 0) is 42.0 Å². The smallest absolute Gasteiger partial charge is 0.380 e. The summed E-state index contributed by atoms with van der Waals surface area (Å²) in [6.45, 7) is 24.9. The van der Waals surface area contributed by atoms with Gasteiger partial charge in [-0.15, -0.1) is 34.0 Å². The maximum Gasteiger partial charge on any atom is 0.380 e. The summed E-state index contributed by atoms with van der Waals surface area (Å²) < 4.78 is 135. The van der Waals surface area contributed by atoms with Gasteiger partial charge in [0.25, 0.3) is 0 Å². The molecule has 0 saturated heterocycles. The van der Waals surface area contributed by atoms with Crippen LogP contribution in [0.4, 0.5) is 26.3 Å². The monoisotopic (exact) mass is 1080 g/mol. The first kappa shape index (κ1) is 53.3. The molecular weight excluding hydrogens is 1010 g/mol. The van der Waals surface area contributed by atoms with Crippen LogP contribution < -0.4 is 9.47 Å². The van der Waals surface area contributed by atoms with Gasteiger partial charge in [0.1, 0.15) is 16.8 Å². The van der Waals surface area contributed by atoms with Gasteiger partial charge in [-0.1, -0.05) is 100 Å². The quantitative estimate of drug-likeness (QED) is 0.0852. The van der Waals surface area contributed by atoms with Crippen LogP contribution in [0.5, 0.6) is 11.5 Å². The predicted octanol–water partition coefficient (Wildman–Crippen LogP) is 17.6. The Balaban J connectivity index is 1.40. The van der Waals surface area contributed by atoms with E-state index in [-0.39, 0.29) is 79.0 Å². The number of halogens is 6. The molecule has 0 radical (unpaired) electrons. The molecule has 398 valence electrons. The van der Waals surface area contributed by atoms with Crippen molar-refractivity contribution in [3.8, 4) is 21.3 Å². The van der Waals surface area contributed by atoms with E-state index in [4.69, 9.17) is 23.4 Å². The molecule has 74 heavy (non-hydrogen) atoms. The number of ether oxygens (including phenoxy) is 4. The number of hydrogen-bond donors (Lipinski definition) is 0. The van der Waals surface area contributed by atoms with E-state index in [0.717, 1.165) is 57.0 Å². The Labute approximate surface area is 443 Å². The van der Waals surface area contributed by atoms with Crippen molar-refractivity contribution < 1.29 is 49.7 Å². The number of allylic oxidation sites excluding steroid dienone is 2. The second-order valence-corrected chi connectivity index (χ2v) is 27.8.